The van der Waals surface area contributed by atoms with Gasteiger partial charge in [0.1, 0.15) is 5.56 Å². The second-order valence-electron chi connectivity index (χ2n) is 7.20. The van der Waals surface area contributed by atoms with E-state index in [4.69, 9.17) is 4.74 Å². The molecule has 4 nitrogen and oxygen atoms in total. The second-order valence-corrected chi connectivity index (χ2v) is 7.20. The number of hydrogen-bond acceptors (Lipinski definition) is 4. The highest BCUT2D eigenvalue weighted by Crippen LogP contribution is 2.36. The largest absolute Gasteiger partial charge is 0.474 e. The van der Waals surface area contributed by atoms with E-state index in [-0.39, 0.29) is 17.5 Å². The van der Waals surface area contributed by atoms with Gasteiger partial charge in [0, 0.05) is 11.9 Å². The van der Waals surface area contributed by atoms with Crippen LogP contribution < -0.4 is 10.1 Å². The average molecular weight is 367 g/mol. The molecule has 1 atom stereocenters. The van der Waals surface area contributed by atoms with E-state index in [1.807, 2.05) is 31.2 Å². The molecule has 0 aliphatic heterocycles. The monoisotopic (exact) mass is 367 g/mol. The zero-order chi connectivity index (χ0) is 19.5. The van der Waals surface area contributed by atoms with Gasteiger partial charge in [-0.25, -0.2) is 4.98 Å². The number of benzene rings is 1. The summed E-state index contributed by atoms with van der Waals surface area (Å²) in [6.45, 7) is 9.84. The number of halogens is 3. The quantitative estimate of drug-likeness (QED) is 0.735. The normalized spacial score (nSPS) is 13.4. The minimum absolute atomic E-state index is 0.0146. The lowest BCUT2D eigenvalue weighted by Crippen LogP contribution is -2.17. The predicted octanol–water partition coefficient (Wildman–Crippen LogP) is 5.71. The molecule has 1 N–H and O–H groups in total. The molecular weight excluding hydrogens is 343 g/mol. The fourth-order valence-electron chi connectivity index (χ4n) is 2.17. The van der Waals surface area contributed by atoms with Crippen molar-refractivity contribution < 1.29 is 17.9 Å². The van der Waals surface area contributed by atoms with E-state index in [2.05, 4.69) is 36.1 Å². The summed E-state index contributed by atoms with van der Waals surface area (Å²) in [6, 6.07) is 7.61. The van der Waals surface area contributed by atoms with Crippen LogP contribution in [-0.2, 0) is 11.6 Å². The Morgan fingerprint density at radius 1 is 1.12 bits per heavy atom. The van der Waals surface area contributed by atoms with E-state index in [1.165, 1.54) is 0 Å². The fourth-order valence-corrected chi connectivity index (χ4v) is 2.17. The zero-order valence-corrected chi connectivity index (χ0v) is 15.6. The molecule has 0 bridgehead atoms. The van der Waals surface area contributed by atoms with Gasteiger partial charge in [0.2, 0.25) is 11.8 Å². The highest BCUT2D eigenvalue weighted by atomic mass is 19.4. The number of ether oxygens (including phenoxy) is 1. The van der Waals surface area contributed by atoms with Crippen molar-refractivity contribution in [3.8, 4) is 5.88 Å². The molecule has 0 aliphatic carbocycles. The summed E-state index contributed by atoms with van der Waals surface area (Å²) >= 11 is 0. The van der Waals surface area contributed by atoms with E-state index < -0.39 is 17.6 Å². The van der Waals surface area contributed by atoms with Crippen LogP contribution in [0.2, 0.25) is 0 Å². The molecule has 0 fully saturated rings. The van der Waals surface area contributed by atoms with E-state index in [9.17, 15) is 13.2 Å². The molecule has 0 spiro atoms. The number of rotatable bonds is 5. The van der Waals surface area contributed by atoms with Crippen LogP contribution in [0.1, 0.15) is 52.2 Å². The van der Waals surface area contributed by atoms with Gasteiger partial charge in [0.15, 0.2) is 0 Å². The fraction of sp³-hybridized carbons (Fsp3) is 0.474. The van der Waals surface area contributed by atoms with E-state index >= 15 is 0 Å². The van der Waals surface area contributed by atoms with Crippen molar-refractivity contribution in [2.45, 2.75) is 58.7 Å². The van der Waals surface area contributed by atoms with Gasteiger partial charge in [-0.15, -0.1) is 0 Å². The molecule has 0 radical (unpaired) electrons. The van der Waals surface area contributed by atoms with Crippen LogP contribution in [-0.4, -0.2) is 16.1 Å². The van der Waals surface area contributed by atoms with Crippen molar-refractivity contribution in [3.63, 3.8) is 0 Å². The molecule has 1 aromatic heterocycles. The van der Waals surface area contributed by atoms with E-state index in [0.29, 0.717) is 12.1 Å². The summed E-state index contributed by atoms with van der Waals surface area (Å²) in [6.07, 6.45) is -3.64. The first-order valence-electron chi connectivity index (χ1n) is 8.49. The Bertz CT molecular complexity index is 737. The van der Waals surface area contributed by atoms with Crippen LogP contribution in [0.25, 0.3) is 0 Å². The SMILES string of the molecule is CCC(C)Oc1nc(Nc2ccc(C(C)(C)C)cc2)ncc1C(F)(F)F. The van der Waals surface area contributed by atoms with Gasteiger partial charge in [0.25, 0.3) is 0 Å². The summed E-state index contributed by atoms with van der Waals surface area (Å²) in [5.74, 6) is -0.407. The Kier molecular flexibility index (Phi) is 5.78. The maximum atomic E-state index is 13.1. The van der Waals surface area contributed by atoms with E-state index in [1.54, 1.807) is 6.92 Å². The van der Waals surface area contributed by atoms with Crippen LogP contribution in [0.4, 0.5) is 24.8 Å². The molecule has 1 heterocycles. The van der Waals surface area contributed by atoms with Crippen molar-refractivity contribution >= 4 is 11.6 Å². The van der Waals surface area contributed by atoms with Crippen LogP contribution in [0.15, 0.2) is 30.5 Å². The molecule has 142 valence electrons. The van der Waals surface area contributed by atoms with Gasteiger partial charge >= 0.3 is 6.18 Å². The molecular formula is C19H24F3N3O. The maximum absolute atomic E-state index is 13.1. The molecule has 0 saturated carbocycles. The third-order valence-electron chi connectivity index (χ3n) is 3.95. The van der Waals surface area contributed by atoms with Crippen LogP contribution in [0.3, 0.4) is 0 Å². The summed E-state index contributed by atoms with van der Waals surface area (Å²) in [5.41, 5.74) is 0.872. The highest BCUT2D eigenvalue weighted by Gasteiger charge is 2.36. The number of aromatic nitrogens is 2. The second kappa shape index (κ2) is 7.51. The minimum atomic E-state index is -4.57. The lowest BCUT2D eigenvalue weighted by molar-refractivity contribution is -0.139. The summed E-state index contributed by atoms with van der Waals surface area (Å²) < 4.78 is 44.8. The molecule has 0 aliphatic rings. The molecule has 0 saturated heterocycles. The summed E-state index contributed by atoms with van der Waals surface area (Å²) in [7, 11) is 0. The lowest BCUT2D eigenvalue weighted by Gasteiger charge is -2.19. The summed E-state index contributed by atoms with van der Waals surface area (Å²) in [5, 5.41) is 2.92. The van der Waals surface area contributed by atoms with Gasteiger partial charge in [-0.1, -0.05) is 39.8 Å². The molecule has 2 aromatic rings. The lowest BCUT2D eigenvalue weighted by atomic mass is 9.87. The van der Waals surface area contributed by atoms with Gasteiger partial charge in [-0.3, -0.25) is 0 Å². The van der Waals surface area contributed by atoms with Gasteiger partial charge < -0.3 is 10.1 Å². The standard InChI is InChI=1S/C19H24F3N3O/c1-6-12(2)26-16-15(19(20,21)22)11-23-17(25-16)24-14-9-7-13(8-10-14)18(3,4)5/h7-12H,6H2,1-5H3,(H,23,24,25). The first-order chi connectivity index (χ1) is 12.0. The van der Waals surface area contributed by atoms with Gasteiger partial charge in [-0.05, 0) is 36.5 Å². The molecule has 1 unspecified atom stereocenters. The maximum Gasteiger partial charge on any atom is 0.423 e. The van der Waals surface area contributed by atoms with Crippen LogP contribution >= 0.6 is 0 Å². The Balaban J connectivity index is 2.28. The van der Waals surface area contributed by atoms with Crippen LogP contribution in [0.5, 0.6) is 5.88 Å². The van der Waals surface area contributed by atoms with Crippen molar-refractivity contribution in [1.29, 1.82) is 0 Å². The number of anilines is 2. The van der Waals surface area contributed by atoms with E-state index in [0.717, 1.165) is 11.8 Å². The number of alkyl halides is 3. The highest BCUT2D eigenvalue weighted by molar-refractivity contribution is 5.54. The molecule has 7 heteroatoms. The third kappa shape index (κ3) is 5.09. The first kappa shape index (κ1) is 20.0. The third-order valence-corrected chi connectivity index (χ3v) is 3.95. The van der Waals surface area contributed by atoms with Gasteiger partial charge in [-0.2, -0.15) is 18.2 Å². The molecule has 1 aromatic carbocycles. The number of hydrogen-bond donors (Lipinski definition) is 1. The smallest absolute Gasteiger partial charge is 0.423 e. The minimum Gasteiger partial charge on any atom is -0.474 e. The Labute approximate surface area is 151 Å². The molecule has 2 rings (SSSR count). The van der Waals surface area contributed by atoms with Crippen molar-refractivity contribution in [2.24, 2.45) is 0 Å². The van der Waals surface area contributed by atoms with Crippen molar-refractivity contribution in [2.75, 3.05) is 5.32 Å². The number of nitrogens with zero attached hydrogens (tertiary/aromatic N) is 2. The van der Waals surface area contributed by atoms with Crippen LogP contribution in [0, 0.1) is 0 Å². The topological polar surface area (TPSA) is 47.0 Å². The van der Waals surface area contributed by atoms with Crippen molar-refractivity contribution in [1.82, 2.24) is 9.97 Å². The predicted molar refractivity (Wildman–Crippen MR) is 95.8 cm³/mol. The van der Waals surface area contributed by atoms with Crippen molar-refractivity contribution in [3.05, 3.63) is 41.6 Å². The Morgan fingerprint density at radius 3 is 2.23 bits per heavy atom. The average Bonchev–Trinajstić information content (AvgIpc) is 2.53. The summed E-state index contributed by atoms with van der Waals surface area (Å²) in [4.78, 5) is 7.71. The van der Waals surface area contributed by atoms with Gasteiger partial charge in [0.05, 0.1) is 6.10 Å². The zero-order valence-electron chi connectivity index (χ0n) is 15.6. The Morgan fingerprint density at radius 2 is 1.73 bits per heavy atom. The number of nitrogens with one attached hydrogen (secondary N) is 1. The molecule has 26 heavy (non-hydrogen) atoms. The molecule has 0 amide bonds. The Hall–Kier alpha value is -2.31. The first-order valence-corrected chi connectivity index (χ1v) is 8.49.